The molecule has 2 nitrogen and oxygen atoms in total. The summed E-state index contributed by atoms with van der Waals surface area (Å²) in [6.07, 6.45) is 7.17. The molecule has 2 saturated heterocycles. The van der Waals surface area contributed by atoms with Crippen molar-refractivity contribution >= 4 is 13.6 Å². The summed E-state index contributed by atoms with van der Waals surface area (Å²) in [6.45, 7) is 0. The molecule has 7 heteroatoms. The van der Waals surface area contributed by atoms with Crippen LogP contribution in [0, 0.1) is 0 Å². The van der Waals surface area contributed by atoms with E-state index in [1.807, 2.05) is 0 Å². The summed E-state index contributed by atoms with van der Waals surface area (Å²) in [5.74, 6) is 0. The minimum absolute atomic E-state index is 0.384. The molecule has 0 radical (unpaired) electrons. The van der Waals surface area contributed by atoms with Crippen LogP contribution >= 0.6 is 0 Å². The van der Waals surface area contributed by atoms with Gasteiger partial charge in [0.25, 0.3) is 0 Å². The van der Waals surface area contributed by atoms with Crippen molar-refractivity contribution in [2.45, 2.75) is 49.9 Å². The standard InChI is InChI=1S/C33H33N2.BF4/c1-5-13-26(14-6-1)30-21-22-31(27-15-7-2-8-16-27)34(30)25-35-32(28-17-9-3-10-18-28)23-24-33(35)29-19-11-4-12-20-29;2-1(3,4)5/h1-20,25,30-33H,21-24H2;/q+1;-1/t30-,31-,32-,33-;/m1./s1. The maximum Gasteiger partial charge on any atom is 0.673 e. The number of likely N-dealkylation sites (tertiary alicyclic amines) is 1. The molecule has 0 spiro atoms. The van der Waals surface area contributed by atoms with Gasteiger partial charge in [0.2, 0.25) is 6.34 Å². The highest BCUT2D eigenvalue weighted by Gasteiger charge is 2.42. The minimum Gasteiger partial charge on any atom is -0.418 e. The van der Waals surface area contributed by atoms with E-state index in [1.165, 1.54) is 47.9 Å². The van der Waals surface area contributed by atoms with Gasteiger partial charge in [-0.25, -0.2) is 0 Å². The lowest BCUT2D eigenvalue weighted by Gasteiger charge is -2.26. The summed E-state index contributed by atoms with van der Waals surface area (Å²) >= 11 is 0. The SMILES string of the molecule is C(N1[C@@H](c2ccccc2)CC[C@@H]1c1ccccc1)=[N+]1[C@@H](c2ccccc2)CC[C@@H]1c1ccccc1.F[B-](F)(F)F. The highest BCUT2D eigenvalue weighted by Crippen LogP contribution is 2.45. The first-order valence-electron chi connectivity index (χ1n) is 13.9. The van der Waals surface area contributed by atoms with Gasteiger partial charge >= 0.3 is 7.25 Å². The molecule has 0 aromatic heterocycles. The van der Waals surface area contributed by atoms with E-state index >= 15 is 0 Å². The Morgan fingerprint density at radius 2 is 0.800 bits per heavy atom. The van der Waals surface area contributed by atoms with E-state index in [0.717, 1.165) is 0 Å². The van der Waals surface area contributed by atoms with Gasteiger partial charge < -0.3 is 17.3 Å². The van der Waals surface area contributed by atoms with Crippen molar-refractivity contribution in [2.24, 2.45) is 0 Å². The maximum atomic E-state index is 9.75. The van der Waals surface area contributed by atoms with E-state index < -0.39 is 7.25 Å². The van der Waals surface area contributed by atoms with Crippen LogP contribution in [0.1, 0.15) is 72.1 Å². The summed E-state index contributed by atoms with van der Waals surface area (Å²) in [6, 6.07) is 45.8. The molecule has 2 heterocycles. The summed E-state index contributed by atoms with van der Waals surface area (Å²) in [5, 5.41) is 0. The average Bonchev–Trinajstić information content (AvgIpc) is 3.59. The second-order valence-corrected chi connectivity index (χ2v) is 10.4. The van der Waals surface area contributed by atoms with Crippen LogP contribution in [0.15, 0.2) is 121 Å². The number of hydrogen-bond acceptors (Lipinski definition) is 0. The van der Waals surface area contributed by atoms with E-state index in [9.17, 15) is 17.3 Å². The predicted molar refractivity (Wildman–Crippen MR) is 154 cm³/mol. The monoisotopic (exact) mass is 544 g/mol. The summed E-state index contributed by atoms with van der Waals surface area (Å²) in [5.41, 5.74) is 5.64. The fraction of sp³-hybridized carbons (Fsp3) is 0.242. The van der Waals surface area contributed by atoms with Gasteiger partial charge in [0.15, 0.2) is 0 Å². The zero-order valence-electron chi connectivity index (χ0n) is 22.2. The number of benzene rings is 4. The Balaban J connectivity index is 0.000000595. The summed E-state index contributed by atoms with van der Waals surface area (Å²) in [7, 11) is -6.00. The van der Waals surface area contributed by atoms with Gasteiger partial charge in [-0.1, -0.05) is 121 Å². The molecular weight excluding hydrogens is 511 g/mol. The number of rotatable bonds is 5. The smallest absolute Gasteiger partial charge is 0.418 e. The van der Waals surface area contributed by atoms with Crippen LogP contribution in [0.25, 0.3) is 0 Å². The van der Waals surface area contributed by atoms with Crippen LogP contribution < -0.4 is 0 Å². The molecule has 4 aromatic rings. The molecule has 0 bridgehead atoms. The van der Waals surface area contributed by atoms with Crippen molar-refractivity contribution in [3.8, 4) is 0 Å². The third-order valence-electron chi connectivity index (χ3n) is 7.87. The van der Waals surface area contributed by atoms with Crippen molar-refractivity contribution in [2.75, 3.05) is 0 Å². The van der Waals surface area contributed by atoms with E-state index in [4.69, 9.17) is 0 Å². The van der Waals surface area contributed by atoms with Gasteiger partial charge in [0, 0.05) is 0 Å². The minimum atomic E-state index is -6.00. The molecule has 2 aliphatic rings. The number of halogens is 4. The summed E-state index contributed by atoms with van der Waals surface area (Å²) in [4.78, 5) is 2.67. The highest BCUT2D eigenvalue weighted by molar-refractivity contribution is 6.50. The van der Waals surface area contributed by atoms with E-state index in [1.54, 1.807) is 0 Å². The van der Waals surface area contributed by atoms with Gasteiger partial charge in [-0.15, -0.1) is 0 Å². The van der Waals surface area contributed by atoms with E-state index in [-0.39, 0.29) is 0 Å². The zero-order chi connectivity index (χ0) is 28.0. The van der Waals surface area contributed by atoms with Crippen LogP contribution in [0.2, 0.25) is 0 Å². The molecule has 206 valence electrons. The molecule has 4 aromatic carbocycles. The lowest BCUT2D eigenvalue weighted by molar-refractivity contribution is -0.590. The van der Waals surface area contributed by atoms with E-state index in [2.05, 4.69) is 137 Å². The second-order valence-electron chi connectivity index (χ2n) is 10.4. The molecule has 4 atom stereocenters. The second kappa shape index (κ2) is 12.5. The summed E-state index contributed by atoms with van der Waals surface area (Å²) < 4.78 is 41.7. The Labute approximate surface area is 233 Å². The fourth-order valence-corrected chi connectivity index (χ4v) is 6.19. The van der Waals surface area contributed by atoms with Crippen LogP contribution in [0.4, 0.5) is 17.3 Å². The number of hydrogen-bond donors (Lipinski definition) is 0. The van der Waals surface area contributed by atoms with Gasteiger partial charge in [-0.05, 0) is 47.9 Å². The van der Waals surface area contributed by atoms with Crippen LogP contribution in [0.5, 0.6) is 0 Å². The Kier molecular flexibility index (Phi) is 8.68. The Morgan fingerprint density at radius 3 is 1.12 bits per heavy atom. The Hall–Kier alpha value is -3.87. The van der Waals surface area contributed by atoms with Gasteiger partial charge in [0.05, 0.1) is 0 Å². The van der Waals surface area contributed by atoms with Crippen molar-refractivity contribution in [1.82, 2.24) is 4.90 Å². The molecule has 0 amide bonds. The van der Waals surface area contributed by atoms with Crippen LogP contribution in [-0.2, 0) is 0 Å². The van der Waals surface area contributed by atoms with Crippen LogP contribution in [-0.4, -0.2) is 23.1 Å². The third-order valence-corrected chi connectivity index (χ3v) is 7.87. The molecule has 0 aliphatic carbocycles. The molecule has 0 N–H and O–H groups in total. The van der Waals surface area contributed by atoms with E-state index in [0.29, 0.717) is 24.2 Å². The maximum absolute atomic E-state index is 9.75. The molecule has 40 heavy (non-hydrogen) atoms. The Morgan fingerprint density at radius 1 is 0.500 bits per heavy atom. The average molecular weight is 544 g/mol. The predicted octanol–water partition coefficient (Wildman–Crippen LogP) is 9.18. The quantitative estimate of drug-likeness (QED) is 0.105. The molecule has 2 fully saturated rings. The lowest BCUT2D eigenvalue weighted by atomic mass is 10.0. The van der Waals surface area contributed by atoms with Crippen molar-refractivity contribution in [3.63, 3.8) is 0 Å². The molecule has 0 saturated carbocycles. The third kappa shape index (κ3) is 6.82. The van der Waals surface area contributed by atoms with Gasteiger partial charge in [-0.2, -0.15) is 0 Å². The fourth-order valence-electron chi connectivity index (χ4n) is 6.19. The first-order valence-corrected chi connectivity index (χ1v) is 13.9. The van der Waals surface area contributed by atoms with Crippen molar-refractivity contribution < 1.29 is 21.8 Å². The lowest BCUT2D eigenvalue weighted by Crippen LogP contribution is -2.31. The Bertz CT molecular complexity index is 1260. The van der Waals surface area contributed by atoms with Crippen molar-refractivity contribution in [1.29, 1.82) is 0 Å². The molecular formula is C33H33BF4N2. The largest absolute Gasteiger partial charge is 0.673 e. The number of nitrogens with zero attached hydrogens (tertiary/aromatic N) is 2. The van der Waals surface area contributed by atoms with Gasteiger partial charge in [-0.3, -0.25) is 9.48 Å². The van der Waals surface area contributed by atoms with Gasteiger partial charge in [0.1, 0.15) is 24.2 Å². The molecule has 6 rings (SSSR count). The first-order chi connectivity index (χ1) is 19.4. The van der Waals surface area contributed by atoms with Crippen LogP contribution in [0.3, 0.4) is 0 Å². The normalized spacial score (nSPS) is 22.5. The van der Waals surface area contributed by atoms with Crippen molar-refractivity contribution in [3.05, 3.63) is 144 Å². The highest BCUT2D eigenvalue weighted by atomic mass is 19.5. The topological polar surface area (TPSA) is 6.25 Å². The zero-order valence-corrected chi connectivity index (χ0v) is 22.2. The molecule has 0 unspecified atom stereocenters. The molecule has 2 aliphatic heterocycles. The first kappa shape index (κ1) is 27.7.